The minimum atomic E-state index is -0.604. The van der Waals surface area contributed by atoms with Crippen molar-refractivity contribution >= 4 is 11.9 Å². The van der Waals surface area contributed by atoms with Crippen molar-refractivity contribution in [2.75, 3.05) is 0 Å². The lowest BCUT2D eigenvalue weighted by molar-refractivity contribution is -0.149. The molecule has 2 aliphatic rings. The molecule has 2 aromatic rings. The summed E-state index contributed by atoms with van der Waals surface area (Å²) < 4.78 is 20.4. The summed E-state index contributed by atoms with van der Waals surface area (Å²) in [6.07, 6.45) is 7.01. The number of benzene rings is 1. The highest BCUT2D eigenvalue weighted by Gasteiger charge is 2.53. The van der Waals surface area contributed by atoms with Gasteiger partial charge in [-0.1, -0.05) is 6.07 Å². The van der Waals surface area contributed by atoms with E-state index in [9.17, 15) is 14.0 Å². The summed E-state index contributed by atoms with van der Waals surface area (Å²) >= 11 is 0. The Morgan fingerprint density at radius 3 is 2.96 bits per heavy atom. The predicted octanol–water partition coefficient (Wildman–Crippen LogP) is 2.50. The van der Waals surface area contributed by atoms with Crippen molar-refractivity contribution in [1.82, 2.24) is 15.1 Å². The van der Waals surface area contributed by atoms with E-state index < -0.39 is 11.5 Å². The molecule has 2 heterocycles. The summed E-state index contributed by atoms with van der Waals surface area (Å²) in [5.74, 6) is -1.20. The molecule has 2 fully saturated rings. The van der Waals surface area contributed by atoms with Gasteiger partial charge in [0.05, 0.1) is 24.2 Å². The number of nitrogens with one attached hydrogen (secondary N) is 1. The van der Waals surface area contributed by atoms with Gasteiger partial charge in [0.15, 0.2) is 0 Å². The van der Waals surface area contributed by atoms with Crippen LogP contribution in [0.2, 0.25) is 0 Å². The minimum absolute atomic E-state index is 0.147. The summed E-state index contributed by atoms with van der Waals surface area (Å²) in [4.78, 5) is 24.4. The first-order valence-corrected chi connectivity index (χ1v) is 8.85. The second-order valence-corrected chi connectivity index (χ2v) is 6.99. The van der Waals surface area contributed by atoms with Gasteiger partial charge in [-0.15, -0.1) is 0 Å². The number of halogens is 1. The molecule has 6 nitrogen and oxygen atoms in total. The van der Waals surface area contributed by atoms with E-state index in [4.69, 9.17) is 4.74 Å². The summed E-state index contributed by atoms with van der Waals surface area (Å²) in [7, 11) is 0. The van der Waals surface area contributed by atoms with Crippen LogP contribution in [0.3, 0.4) is 0 Å². The molecule has 1 spiro atoms. The van der Waals surface area contributed by atoms with Crippen molar-refractivity contribution in [3.05, 3.63) is 48.0 Å². The lowest BCUT2D eigenvalue weighted by Crippen LogP contribution is -2.42. The molecule has 0 unspecified atom stereocenters. The second kappa shape index (κ2) is 6.55. The van der Waals surface area contributed by atoms with Crippen molar-refractivity contribution in [2.24, 2.45) is 5.92 Å². The molecule has 136 valence electrons. The normalized spacial score (nSPS) is 21.1. The number of rotatable bonds is 4. The fourth-order valence-corrected chi connectivity index (χ4v) is 3.97. The highest BCUT2D eigenvalue weighted by atomic mass is 19.1. The highest BCUT2D eigenvalue weighted by molar-refractivity contribution is 5.87. The zero-order valence-corrected chi connectivity index (χ0v) is 14.3. The lowest BCUT2D eigenvalue weighted by atomic mass is 9.85. The Morgan fingerprint density at radius 2 is 2.19 bits per heavy atom. The van der Waals surface area contributed by atoms with Crippen LogP contribution in [0.15, 0.2) is 36.7 Å². The zero-order valence-electron chi connectivity index (χ0n) is 14.3. The Morgan fingerprint density at radius 1 is 1.38 bits per heavy atom. The van der Waals surface area contributed by atoms with Crippen molar-refractivity contribution in [3.8, 4) is 5.69 Å². The number of esters is 1. The molecule has 1 saturated heterocycles. The van der Waals surface area contributed by atoms with Gasteiger partial charge in [0.2, 0.25) is 5.91 Å². The average molecular weight is 357 g/mol. The van der Waals surface area contributed by atoms with Crippen LogP contribution in [0.25, 0.3) is 5.69 Å². The summed E-state index contributed by atoms with van der Waals surface area (Å²) in [5.41, 5.74) is 0.808. The van der Waals surface area contributed by atoms with E-state index in [1.807, 2.05) is 0 Å². The van der Waals surface area contributed by atoms with Gasteiger partial charge in [-0.3, -0.25) is 9.59 Å². The number of carbonyl (C=O) groups is 2. The molecule has 1 N–H and O–H groups in total. The van der Waals surface area contributed by atoms with E-state index in [-0.39, 0.29) is 24.1 Å². The number of hydrogen-bond acceptors (Lipinski definition) is 4. The Hall–Kier alpha value is -2.70. The molecule has 1 aromatic carbocycles. The molecule has 1 atom stereocenters. The molecule has 1 aromatic heterocycles. The first-order valence-electron chi connectivity index (χ1n) is 8.85. The predicted molar refractivity (Wildman–Crippen MR) is 90.8 cm³/mol. The van der Waals surface area contributed by atoms with Gasteiger partial charge in [-0.05, 0) is 43.9 Å². The number of carbonyl (C=O) groups excluding carboxylic acids is 2. The van der Waals surface area contributed by atoms with Gasteiger partial charge in [0.1, 0.15) is 11.4 Å². The van der Waals surface area contributed by atoms with Crippen LogP contribution in [0.1, 0.15) is 37.7 Å². The Bertz CT molecular complexity index is 842. The topological polar surface area (TPSA) is 73.2 Å². The summed E-state index contributed by atoms with van der Waals surface area (Å²) in [6, 6.07) is 6.13. The quantitative estimate of drug-likeness (QED) is 0.854. The van der Waals surface area contributed by atoms with E-state index in [1.54, 1.807) is 29.2 Å². The molecular formula is C19H20FN3O3. The maximum atomic E-state index is 13.3. The molecule has 0 radical (unpaired) electrons. The van der Waals surface area contributed by atoms with E-state index >= 15 is 0 Å². The summed E-state index contributed by atoms with van der Waals surface area (Å²) in [6.45, 7) is 0.301. The number of hydrogen-bond donors (Lipinski definition) is 1. The van der Waals surface area contributed by atoms with Gasteiger partial charge < -0.3 is 10.1 Å². The maximum absolute atomic E-state index is 13.3. The summed E-state index contributed by atoms with van der Waals surface area (Å²) in [5, 5.41) is 7.10. The average Bonchev–Trinajstić information content (AvgIpc) is 3.34. The number of amides is 1. The number of aromatic nitrogens is 2. The smallest absolute Gasteiger partial charge is 0.307 e. The highest BCUT2D eigenvalue weighted by Crippen LogP contribution is 2.45. The minimum Gasteiger partial charge on any atom is -0.458 e. The Balaban J connectivity index is 1.41. The van der Waals surface area contributed by atoms with Crippen molar-refractivity contribution in [1.29, 1.82) is 0 Å². The number of ether oxygens (including phenoxy) is 1. The lowest BCUT2D eigenvalue weighted by Gasteiger charge is -2.27. The van der Waals surface area contributed by atoms with Crippen LogP contribution in [0.4, 0.5) is 4.39 Å². The van der Waals surface area contributed by atoms with Gasteiger partial charge in [0.25, 0.3) is 0 Å². The molecule has 7 heteroatoms. The first kappa shape index (κ1) is 16.8. The molecule has 1 aliphatic carbocycles. The van der Waals surface area contributed by atoms with Crippen LogP contribution in [-0.2, 0) is 20.9 Å². The van der Waals surface area contributed by atoms with Crippen molar-refractivity contribution in [2.45, 2.75) is 44.2 Å². The Labute approximate surface area is 150 Å². The fourth-order valence-electron chi connectivity index (χ4n) is 3.97. The van der Waals surface area contributed by atoms with Gasteiger partial charge in [-0.25, -0.2) is 9.07 Å². The molecule has 1 saturated carbocycles. The molecule has 0 bridgehead atoms. The third kappa shape index (κ3) is 3.09. The third-order valence-electron chi connectivity index (χ3n) is 5.26. The molecule has 26 heavy (non-hydrogen) atoms. The standard InChI is InChI=1S/C19H20FN3O3/c20-14-4-3-5-15(8-14)23-12-13(11-22-23)10-21-18(25)16-9-17(24)26-19(16)6-1-2-7-19/h3-5,8,11-12,16H,1-2,6-7,9-10H2,(H,21,25)/t16-/m1/s1. The zero-order chi connectivity index (χ0) is 18.1. The van der Waals surface area contributed by atoms with Crippen molar-refractivity contribution < 1.29 is 18.7 Å². The maximum Gasteiger partial charge on any atom is 0.307 e. The molecule has 4 rings (SSSR count). The van der Waals surface area contributed by atoms with Crippen molar-refractivity contribution in [3.63, 3.8) is 0 Å². The third-order valence-corrected chi connectivity index (χ3v) is 5.26. The largest absolute Gasteiger partial charge is 0.458 e. The van der Waals surface area contributed by atoms with Gasteiger partial charge in [-0.2, -0.15) is 5.10 Å². The molecule has 1 amide bonds. The first-order chi connectivity index (χ1) is 12.6. The number of nitrogens with zero attached hydrogens (tertiary/aromatic N) is 2. The molecular weight excluding hydrogens is 337 g/mol. The second-order valence-electron chi connectivity index (χ2n) is 6.99. The van der Waals surface area contributed by atoms with Crippen LogP contribution in [-0.4, -0.2) is 27.3 Å². The van der Waals surface area contributed by atoms with Crippen LogP contribution in [0.5, 0.6) is 0 Å². The van der Waals surface area contributed by atoms with E-state index in [0.717, 1.165) is 31.2 Å². The van der Waals surface area contributed by atoms with E-state index in [0.29, 0.717) is 12.2 Å². The fraction of sp³-hybridized carbons (Fsp3) is 0.421. The Kier molecular flexibility index (Phi) is 4.22. The van der Waals surface area contributed by atoms with Crippen LogP contribution < -0.4 is 5.32 Å². The van der Waals surface area contributed by atoms with Crippen LogP contribution >= 0.6 is 0 Å². The van der Waals surface area contributed by atoms with Crippen LogP contribution in [0, 0.1) is 11.7 Å². The van der Waals surface area contributed by atoms with E-state index in [2.05, 4.69) is 10.4 Å². The van der Waals surface area contributed by atoms with Gasteiger partial charge in [0, 0.05) is 18.3 Å². The molecule has 1 aliphatic heterocycles. The van der Waals surface area contributed by atoms with E-state index in [1.165, 1.54) is 12.1 Å². The van der Waals surface area contributed by atoms with Gasteiger partial charge >= 0.3 is 5.97 Å². The monoisotopic (exact) mass is 357 g/mol. The SMILES string of the molecule is O=C1C[C@H](C(=O)NCc2cnn(-c3cccc(F)c3)c2)C2(CCCC2)O1.